The van der Waals surface area contributed by atoms with Gasteiger partial charge in [0, 0.05) is 38.1 Å². The number of pyridine rings is 1. The summed E-state index contributed by atoms with van der Waals surface area (Å²) >= 11 is 0. The minimum atomic E-state index is -1.06. The number of fused-ring (bicyclic) bond motifs is 2. The lowest BCUT2D eigenvalue weighted by atomic mass is 9.89. The summed E-state index contributed by atoms with van der Waals surface area (Å²) in [7, 11) is 1.75. The topological polar surface area (TPSA) is 143 Å². The predicted molar refractivity (Wildman–Crippen MR) is 159 cm³/mol. The second-order valence-electron chi connectivity index (χ2n) is 12.4. The maximum atomic E-state index is 13.2. The number of nitrogens with zero attached hydrogens (tertiary/aromatic N) is 8. The fraction of sp³-hybridized carbons (Fsp3) is 0.484. The molecule has 0 radical (unpaired) electrons. The molecule has 1 saturated carbocycles. The number of rotatable bonds is 8. The highest BCUT2D eigenvalue weighted by molar-refractivity contribution is 5.90. The van der Waals surface area contributed by atoms with Gasteiger partial charge in [0.05, 0.1) is 19.3 Å². The molecule has 4 aromatic rings. The Hall–Kier alpha value is -4.52. The third-order valence-electron chi connectivity index (χ3n) is 9.34. The molecule has 2 aliphatic heterocycles. The summed E-state index contributed by atoms with van der Waals surface area (Å²) in [6.45, 7) is 4.09. The molecule has 13 heteroatoms. The number of aromatic nitrogens is 6. The first-order chi connectivity index (χ1) is 21.3. The smallest absolute Gasteiger partial charge is 0.317 e. The number of aliphatic hydroxyl groups is 1. The molecule has 5 heterocycles. The zero-order chi connectivity index (χ0) is 30.4. The summed E-state index contributed by atoms with van der Waals surface area (Å²) in [6.07, 6.45) is 5.79. The third kappa shape index (κ3) is 5.36. The SMILES string of the molecule is Cc1cc(OCC2(c3ccccc3)CC2)cn2nc(C(O)CN3CCC4CN(C(=O)c5nncn5C)CCC4NC3=O)nc12. The van der Waals surface area contributed by atoms with Crippen molar-refractivity contribution >= 4 is 17.6 Å². The Balaban J connectivity index is 0.992. The van der Waals surface area contributed by atoms with Gasteiger partial charge in [0.25, 0.3) is 5.91 Å². The normalized spacial score (nSPS) is 21.8. The van der Waals surface area contributed by atoms with Crippen LogP contribution in [-0.2, 0) is 12.5 Å². The van der Waals surface area contributed by atoms with Crippen LogP contribution in [0.25, 0.3) is 5.65 Å². The summed E-state index contributed by atoms with van der Waals surface area (Å²) < 4.78 is 9.51. The van der Waals surface area contributed by atoms with Gasteiger partial charge in [-0.1, -0.05) is 30.3 Å². The first-order valence-electron chi connectivity index (χ1n) is 15.2. The van der Waals surface area contributed by atoms with Gasteiger partial charge in [-0.05, 0) is 55.7 Å². The molecule has 230 valence electrons. The van der Waals surface area contributed by atoms with E-state index in [2.05, 4.69) is 49.9 Å². The fourth-order valence-corrected chi connectivity index (χ4v) is 6.49. The predicted octanol–water partition coefficient (Wildman–Crippen LogP) is 2.26. The largest absolute Gasteiger partial charge is 0.491 e. The van der Waals surface area contributed by atoms with Crippen LogP contribution >= 0.6 is 0 Å². The number of carbonyl (C=O) groups is 2. The van der Waals surface area contributed by atoms with Crippen molar-refractivity contribution in [3.63, 3.8) is 0 Å². The van der Waals surface area contributed by atoms with Gasteiger partial charge in [-0.3, -0.25) is 4.79 Å². The van der Waals surface area contributed by atoms with Crippen LogP contribution in [0.1, 0.15) is 59.4 Å². The molecule has 3 atom stereocenters. The lowest BCUT2D eigenvalue weighted by molar-refractivity contribution is 0.0620. The van der Waals surface area contributed by atoms with Crippen LogP contribution in [0.3, 0.4) is 0 Å². The van der Waals surface area contributed by atoms with Gasteiger partial charge in [-0.25, -0.2) is 14.3 Å². The third-order valence-corrected chi connectivity index (χ3v) is 9.34. The second-order valence-corrected chi connectivity index (χ2v) is 12.4. The van der Waals surface area contributed by atoms with Crippen LogP contribution in [0.5, 0.6) is 5.75 Å². The van der Waals surface area contributed by atoms with E-state index < -0.39 is 6.10 Å². The van der Waals surface area contributed by atoms with Crippen LogP contribution in [0.2, 0.25) is 0 Å². The maximum absolute atomic E-state index is 13.2. The Morgan fingerprint density at radius 2 is 2.02 bits per heavy atom. The van der Waals surface area contributed by atoms with E-state index in [1.54, 1.807) is 32.1 Å². The number of benzene rings is 1. The van der Waals surface area contributed by atoms with Crippen molar-refractivity contribution in [3.8, 4) is 5.75 Å². The van der Waals surface area contributed by atoms with Crippen molar-refractivity contribution in [3.05, 3.63) is 71.7 Å². The second kappa shape index (κ2) is 11.2. The monoisotopic (exact) mass is 599 g/mol. The first-order valence-corrected chi connectivity index (χ1v) is 15.2. The minimum Gasteiger partial charge on any atom is -0.491 e. The van der Waals surface area contributed by atoms with E-state index in [1.807, 2.05) is 19.1 Å². The number of aliphatic hydroxyl groups excluding tert-OH is 1. The van der Waals surface area contributed by atoms with Crippen molar-refractivity contribution in [1.29, 1.82) is 0 Å². The maximum Gasteiger partial charge on any atom is 0.317 e. The summed E-state index contributed by atoms with van der Waals surface area (Å²) in [5.74, 6) is 1.19. The van der Waals surface area contributed by atoms with Gasteiger partial charge in [-0.2, -0.15) is 0 Å². The number of piperidine rings is 1. The Labute approximate surface area is 254 Å². The van der Waals surface area contributed by atoms with Gasteiger partial charge < -0.3 is 29.5 Å². The molecule has 1 aliphatic carbocycles. The highest BCUT2D eigenvalue weighted by Gasteiger charge is 2.45. The zero-order valence-corrected chi connectivity index (χ0v) is 25.0. The van der Waals surface area contributed by atoms with Gasteiger partial charge in [-0.15, -0.1) is 15.3 Å². The Morgan fingerprint density at radius 1 is 1.20 bits per heavy atom. The van der Waals surface area contributed by atoms with Crippen LogP contribution in [0, 0.1) is 12.8 Å². The highest BCUT2D eigenvalue weighted by atomic mass is 16.5. The molecule has 13 nitrogen and oxygen atoms in total. The molecule has 7 rings (SSSR count). The lowest BCUT2D eigenvalue weighted by Gasteiger charge is -2.37. The molecule has 3 aromatic heterocycles. The van der Waals surface area contributed by atoms with Gasteiger partial charge in [0.1, 0.15) is 18.2 Å². The highest BCUT2D eigenvalue weighted by Crippen LogP contribution is 2.48. The molecule has 2 saturated heterocycles. The quantitative estimate of drug-likeness (QED) is 0.314. The fourth-order valence-electron chi connectivity index (χ4n) is 6.49. The number of aryl methyl sites for hydroxylation is 2. The van der Waals surface area contributed by atoms with Crippen molar-refractivity contribution in [1.82, 2.24) is 44.5 Å². The summed E-state index contributed by atoms with van der Waals surface area (Å²) in [4.78, 5) is 34.1. The number of nitrogens with one attached hydrogen (secondary N) is 1. The molecule has 0 bridgehead atoms. The number of carbonyl (C=O) groups excluding carboxylic acids is 2. The number of ether oxygens (including phenoxy) is 1. The molecule has 3 unspecified atom stereocenters. The number of amides is 3. The lowest BCUT2D eigenvalue weighted by Crippen LogP contribution is -2.52. The van der Waals surface area contributed by atoms with Crippen LogP contribution in [0.15, 0.2) is 48.9 Å². The molecular weight excluding hydrogens is 562 g/mol. The van der Waals surface area contributed by atoms with E-state index in [9.17, 15) is 14.7 Å². The number of hydrogen-bond acceptors (Lipinski definition) is 8. The molecule has 3 aliphatic rings. The zero-order valence-electron chi connectivity index (χ0n) is 25.0. The van der Waals surface area contributed by atoms with E-state index in [0.717, 1.165) is 18.4 Å². The van der Waals surface area contributed by atoms with Crippen LogP contribution < -0.4 is 10.1 Å². The van der Waals surface area contributed by atoms with Crippen molar-refractivity contribution in [2.45, 2.75) is 50.2 Å². The number of β-amino-alcohol motifs (C(OH)–C–C–N with tert-alkyl or cyclic N) is 1. The Morgan fingerprint density at radius 3 is 2.77 bits per heavy atom. The van der Waals surface area contributed by atoms with E-state index in [0.29, 0.717) is 56.3 Å². The molecule has 0 spiro atoms. The summed E-state index contributed by atoms with van der Waals surface area (Å²) in [5, 5.41) is 26.6. The molecule has 1 aromatic carbocycles. The average molecular weight is 600 g/mol. The number of urea groups is 1. The van der Waals surface area contributed by atoms with Gasteiger partial charge in [0.15, 0.2) is 11.5 Å². The van der Waals surface area contributed by atoms with Crippen molar-refractivity contribution < 1.29 is 19.4 Å². The van der Waals surface area contributed by atoms with Crippen LogP contribution in [-0.4, -0.2) is 95.0 Å². The molecule has 3 fully saturated rings. The molecular formula is C31H37N9O4. The average Bonchev–Trinajstić information content (AvgIpc) is 3.55. The first kappa shape index (κ1) is 28.3. The Bertz CT molecular complexity index is 1680. The Kier molecular flexibility index (Phi) is 7.19. The van der Waals surface area contributed by atoms with E-state index >= 15 is 0 Å². The standard InChI is InChI=1S/C31H37N9O4/c1-20-14-23(44-18-31(10-11-31)22-6-4-3-5-7-22)16-40-27(20)34-26(36-40)25(41)17-39-12-8-21-15-38(13-9-24(21)33-30(39)43)29(42)28-35-32-19-37(28)2/h3-7,14,16,19,21,24-25,41H,8-13,15,17-18H2,1-2H3,(H,33,43). The van der Waals surface area contributed by atoms with E-state index in [-0.39, 0.29) is 41.7 Å². The van der Waals surface area contributed by atoms with E-state index in [4.69, 9.17) is 4.74 Å². The molecule has 2 N–H and O–H groups in total. The number of likely N-dealkylation sites (tertiary alicyclic amines) is 1. The van der Waals surface area contributed by atoms with Gasteiger partial charge >= 0.3 is 6.03 Å². The number of hydrogen-bond donors (Lipinski definition) is 2. The van der Waals surface area contributed by atoms with E-state index in [1.165, 1.54) is 11.9 Å². The van der Waals surface area contributed by atoms with Gasteiger partial charge in [0.2, 0.25) is 5.82 Å². The molecule has 3 amide bonds. The van der Waals surface area contributed by atoms with Crippen molar-refractivity contribution in [2.24, 2.45) is 13.0 Å². The molecule has 44 heavy (non-hydrogen) atoms. The summed E-state index contributed by atoms with van der Waals surface area (Å²) in [5.41, 5.74) is 2.88. The van der Waals surface area contributed by atoms with Crippen LogP contribution in [0.4, 0.5) is 4.79 Å². The minimum absolute atomic E-state index is 0.0424. The van der Waals surface area contributed by atoms with Crippen molar-refractivity contribution in [2.75, 3.05) is 32.8 Å². The summed E-state index contributed by atoms with van der Waals surface area (Å²) in [6, 6.07) is 12.2.